The number of ether oxygens (including phenoxy) is 3. The van der Waals surface area contributed by atoms with Crippen LogP contribution in [-0.2, 0) is 4.79 Å². The summed E-state index contributed by atoms with van der Waals surface area (Å²) in [5.74, 6) is 0.738. The van der Waals surface area contributed by atoms with Crippen LogP contribution in [0.3, 0.4) is 0 Å². The maximum atomic E-state index is 12.6. The fraction of sp³-hybridized carbons (Fsp3) is 0.150. The van der Waals surface area contributed by atoms with Crippen LogP contribution in [0.15, 0.2) is 52.3 Å². The van der Waals surface area contributed by atoms with E-state index in [-0.39, 0.29) is 11.4 Å². The minimum Gasteiger partial charge on any atom is -0.493 e. The summed E-state index contributed by atoms with van der Waals surface area (Å²) in [5, 5.41) is 15.3. The molecule has 152 valence electrons. The monoisotopic (exact) mass is 423 g/mol. The Labute approximate surface area is 176 Å². The van der Waals surface area contributed by atoms with Crippen molar-refractivity contribution in [2.75, 3.05) is 21.3 Å². The molecule has 4 rings (SSSR count). The Bertz CT molecular complexity index is 1100. The number of hydrazone groups is 1. The maximum absolute atomic E-state index is 12.6. The highest BCUT2D eigenvalue weighted by atomic mass is 32.2. The topological polar surface area (TPSA) is 109 Å². The Balaban J connectivity index is 1.72. The molecule has 2 aromatic rings. The molecule has 0 spiro atoms. The molecule has 0 atom stereocenters. The van der Waals surface area contributed by atoms with E-state index >= 15 is 0 Å². The van der Waals surface area contributed by atoms with Crippen LogP contribution in [0.5, 0.6) is 17.2 Å². The van der Waals surface area contributed by atoms with Gasteiger partial charge in [0.2, 0.25) is 10.9 Å². The van der Waals surface area contributed by atoms with Crippen LogP contribution in [0.25, 0.3) is 6.08 Å². The largest absolute Gasteiger partial charge is 0.493 e. The molecule has 1 aromatic carbocycles. The molecule has 2 aliphatic rings. The molecule has 1 N–H and O–H groups in total. The zero-order valence-corrected chi connectivity index (χ0v) is 17.2. The number of fused-ring (bicyclic) bond motifs is 1. The van der Waals surface area contributed by atoms with E-state index in [0.717, 1.165) is 5.56 Å². The smallest absolute Gasteiger partial charge is 0.283 e. The lowest BCUT2D eigenvalue weighted by Gasteiger charge is -2.20. The zero-order valence-electron chi connectivity index (χ0n) is 16.4. The molecule has 9 nitrogen and oxygen atoms in total. The molecule has 0 bridgehead atoms. The first-order valence-electron chi connectivity index (χ1n) is 8.76. The number of methoxy groups -OCH3 is 3. The van der Waals surface area contributed by atoms with E-state index in [1.165, 1.54) is 38.1 Å². The summed E-state index contributed by atoms with van der Waals surface area (Å²) in [4.78, 5) is 20.8. The van der Waals surface area contributed by atoms with Crippen LogP contribution in [-0.4, -0.2) is 53.3 Å². The predicted molar refractivity (Wildman–Crippen MR) is 114 cm³/mol. The van der Waals surface area contributed by atoms with Gasteiger partial charge in [0.1, 0.15) is 5.04 Å². The van der Waals surface area contributed by atoms with Gasteiger partial charge in [-0.3, -0.25) is 15.2 Å². The Kier molecular flexibility index (Phi) is 5.23. The molecule has 0 aliphatic carbocycles. The number of pyridine rings is 1. The van der Waals surface area contributed by atoms with E-state index < -0.39 is 5.91 Å². The number of aromatic nitrogens is 1. The van der Waals surface area contributed by atoms with Crippen LogP contribution in [0.1, 0.15) is 11.1 Å². The second-order valence-corrected chi connectivity index (χ2v) is 7.08. The summed E-state index contributed by atoms with van der Waals surface area (Å²) in [5.41, 5.74) is 1.49. The number of amidine groups is 2. The van der Waals surface area contributed by atoms with Gasteiger partial charge in [0.25, 0.3) is 5.91 Å². The SMILES string of the molecule is COc1cc(C=C2C(=N)N3N=C(c4cccnc4)SC3=NC2=O)cc(OC)c1OC. The number of hydrogen-bond acceptors (Lipinski definition) is 8. The molecule has 3 heterocycles. The van der Waals surface area contributed by atoms with Gasteiger partial charge in [-0.25, -0.2) is 0 Å². The van der Waals surface area contributed by atoms with Crippen molar-refractivity contribution in [2.45, 2.75) is 0 Å². The number of carbonyl (C=O) groups is 1. The first kappa shape index (κ1) is 19.6. The number of carbonyl (C=O) groups excluding carboxylic acids is 1. The van der Waals surface area contributed by atoms with Crippen LogP contribution in [0.4, 0.5) is 0 Å². The number of thioether (sulfide) groups is 1. The first-order chi connectivity index (χ1) is 14.5. The van der Waals surface area contributed by atoms with E-state index in [2.05, 4.69) is 15.1 Å². The third kappa shape index (κ3) is 3.41. The van der Waals surface area contributed by atoms with Gasteiger partial charge in [0, 0.05) is 18.0 Å². The molecular weight excluding hydrogens is 406 g/mol. The predicted octanol–water partition coefficient (Wildman–Crippen LogP) is 2.77. The second kappa shape index (κ2) is 7.99. The second-order valence-electron chi connectivity index (χ2n) is 6.13. The van der Waals surface area contributed by atoms with Gasteiger partial charge in [-0.15, -0.1) is 0 Å². The standard InChI is InChI=1S/C20H17N5O4S/c1-27-14-8-11(9-15(28-2)16(14)29-3)7-13-17(21)25-20(23-18(13)26)30-19(24-25)12-5-4-6-22-10-12/h4-10,21H,1-3H3. The highest BCUT2D eigenvalue weighted by Crippen LogP contribution is 2.39. The van der Waals surface area contributed by atoms with E-state index in [1.807, 2.05) is 6.07 Å². The Morgan fingerprint density at radius 3 is 2.47 bits per heavy atom. The molecule has 2 aliphatic heterocycles. The van der Waals surface area contributed by atoms with Gasteiger partial charge in [-0.2, -0.15) is 15.1 Å². The van der Waals surface area contributed by atoms with E-state index in [0.29, 0.717) is 33.0 Å². The van der Waals surface area contributed by atoms with Crippen molar-refractivity contribution in [1.82, 2.24) is 9.99 Å². The van der Waals surface area contributed by atoms with Crippen LogP contribution >= 0.6 is 11.8 Å². The molecule has 1 aromatic heterocycles. The lowest BCUT2D eigenvalue weighted by molar-refractivity contribution is -0.114. The number of nitrogens with zero attached hydrogens (tertiary/aromatic N) is 4. The first-order valence-corrected chi connectivity index (χ1v) is 9.58. The van der Waals surface area contributed by atoms with Crippen molar-refractivity contribution in [1.29, 1.82) is 5.41 Å². The average Bonchev–Trinajstić information content (AvgIpc) is 3.20. The highest BCUT2D eigenvalue weighted by molar-refractivity contribution is 8.27. The molecular formula is C20H17N5O4S. The summed E-state index contributed by atoms with van der Waals surface area (Å²) in [7, 11) is 4.53. The number of amides is 1. The Morgan fingerprint density at radius 2 is 1.87 bits per heavy atom. The summed E-state index contributed by atoms with van der Waals surface area (Å²) in [6.45, 7) is 0. The molecule has 0 unspecified atom stereocenters. The van der Waals surface area contributed by atoms with E-state index in [4.69, 9.17) is 19.6 Å². The lowest BCUT2D eigenvalue weighted by Crippen LogP contribution is -2.35. The summed E-state index contributed by atoms with van der Waals surface area (Å²) < 4.78 is 16.0. The molecule has 0 fully saturated rings. The van der Waals surface area contributed by atoms with E-state index in [9.17, 15) is 4.79 Å². The lowest BCUT2D eigenvalue weighted by atomic mass is 10.1. The highest BCUT2D eigenvalue weighted by Gasteiger charge is 2.36. The molecule has 0 saturated carbocycles. The van der Waals surface area contributed by atoms with Gasteiger partial charge in [-0.05, 0) is 47.7 Å². The minimum absolute atomic E-state index is 0.0647. The summed E-state index contributed by atoms with van der Waals surface area (Å²) in [6.07, 6.45) is 4.89. The average molecular weight is 423 g/mol. The van der Waals surface area contributed by atoms with Gasteiger partial charge in [0.15, 0.2) is 17.3 Å². The third-order valence-electron chi connectivity index (χ3n) is 4.36. The quantitative estimate of drug-likeness (QED) is 0.737. The van der Waals surface area contributed by atoms with Crippen LogP contribution in [0.2, 0.25) is 0 Å². The summed E-state index contributed by atoms with van der Waals surface area (Å²) in [6, 6.07) is 7.04. The van der Waals surface area contributed by atoms with Crippen molar-refractivity contribution < 1.29 is 19.0 Å². The van der Waals surface area contributed by atoms with Gasteiger partial charge in [0.05, 0.1) is 26.9 Å². The number of hydrogen-bond donors (Lipinski definition) is 1. The van der Waals surface area contributed by atoms with Crippen LogP contribution < -0.4 is 14.2 Å². The Morgan fingerprint density at radius 1 is 1.13 bits per heavy atom. The Hall–Kier alpha value is -3.66. The summed E-state index contributed by atoms with van der Waals surface area (Å²) >= 11 is 1.22. The number of rotatable bonds is 5. The number of nitrogens with one attached hydrogen (secondary N) is 1. The van der Waals surface area contributed by atoms with E-state index in [1.54, 1.807) is 36.7 Å². The third-order valence-corrected chi connectivity index (χ3v) is 5.32. The number of benzene rings is 1. The molecule has 10 heteroatoms. The zero-order chi connectivity index (χ0) is 21.3. The molecule has 0 saturated heterocycles. The van der Waals surface area contributed by atoms with Crippen molar-refractivity contribution in [3.05, 3.63) is 53.4 Å². The molecule has 1 amide bonds. The fourth-order valence-corrected chi connectivity index (χ4v) is 3.83. The van der Waals surface area contributed by atoms with Gasteiger partial charge >= 0.3 is 0 Å². The minimum atomic E-state index is -0.518. The van der Waals surface area contributed by atoms with Crippen molar-refractivity contribution >= 4 is 39.8 Å². The van der Waals surface area contributed by atoms with Gasteiger partial charge < -0.3 is 14.2 Å². The maximum Gasteiger partial charge on any atom is 0.283 e. The molecule has 30 heavy (non-hydrogen) atoms. The van der Waals surface area contributed by atoms with Crippen molar-refractivity contribution in [2.24, 2.45) is 10.1 Å². The number of aliphatic imine (C=N–C) groups is 1. The molecule has 0 radical (unpaired) electrons. The van der Waals surface area contributed by atoms with Crippen molar-refractivity contribution in [3.8, 4) is 17.2 Å². The fourth-order valence-electron chi connectivity index (χ4n) is 2.95. The van der Waals surface area contributed by atoms with Gasteiger partial charge in [-0.1, -0.05) is 0 Å². The normalized spacial score (nSPS) is 16.9. The van der Waals surface area contributed by atoms with Crippen LogP contribution in [0, 0.1) is 5.41 Å². The van der Waals surface area contributed by atoms with Crippen molar-refractivity contribution in [3.63, 3.8) is 0 Å².